The van der Waals surface area contributed by atoms with Crippen LogP contribution in [0.1, 0.15) is 0 Å². The van der Waals surface area contributed by atoms with Crippen LogP contribution in [0, 0.1) is 0 Å². The lowest BCUT2D eigenvalue weighted by atomic mass is 9.92. The molecule has 0 saturated heterocycles. The van der Waals surface area contributed by atoms with Crippen molar-refractivity contribution in [2.75, 3.05) is 0 Å². The number of aromatic nitrogens is 2. The molecule has 0 radical (unpaired) electrons. The van der Waals surface area contributed by atoms with Crippen LogP contribution in [-0.2, 0) is 0 Å². The lowest BCUT2D eigenvalue weighted by Gasteiger charge is -2.14. The molecule has 0 spiro atoms. The predicted molar refractivity (Wildman–Crippen MR) is 239 cm³/mol. The molecule has 0 unspecified atom stereocenters. The van der Waals surface area contributed by atoms with Gasteiger partial charge in [0.2, 0.25) is 0 Å². The summed E-state index contributed by atoms with van der Waals surface area (Å²) in [6, 6.07) is 75.8. The van der Waals surface area contributed by atoms with Gasteiger partial charge in [0.25, 0.3) is 0 Å². The average molecular weight is 711 g/mol. The number of fused-ring (bicyclic) bond motifs is 12. The molecule has 2 nitrogen and oxygen atoms in total. The monoisotopic (exact) mass is 710 g/mol. The van der Waals surface area contributed by atoms with Gasteiger partial charge in [-0.25, -0.2) is 0 Å². The molecular formula is C54H34N2. The molecule has 0 aliphatic heterocycles. The SMILES string of the molecule is c1ccc(-c2cccc(-n3c4ccccc4c4cc5c6ccccc6n(-c6cccc(-c7ccc8c9ccccc9c9ccccc9c8c7)c6)c5cc43)c2)cc1. The van der Waals surface area contributed by atoms with E-state index in [1.165, 1.54) is 98.2 Å². The second-order valence-corrected chi connectivity index (χ2v) is 14.9. The molecule has 0 N–H and O–H groups in total. The van der Waals surface area contributed by atoms with Gasteiger partial charge in [-0.15, -0.1) is 0 Å². The molecule has 0 atom stereocenters. The van der Waals surface area contributed by atoms with Gasteiger partial charge >= 0.3 is 0 Å². The van der Waals surface area contributed by atoms with Crippen molar-refractivity contribution >= 4 is 75.9 Å². The van der Waals surface area contributed by atoms with Crippen molar-refractivity contribution in [2.24, 2.45) is 0 Å². The van der Waals surface area contributed by atoms with Gasteiger partial charge in [0.15, 0.2) is 0 Å². The summed E-state index contributed by atoms with van der Waals surface area (Å²) in [5.41, 5.74) is 11.9. The fraction of sp³-hybridized carbons (Fsp3) is 0. The first-order valence-corrected chi connectivity index (χ1v) is 19.3. The van der Waals surface area contributed by atoms with Crippen LogP contribution in [0.4, 0.5) is 0 Å². The topological polar surface area (TPSA) is 9.86 Å². The number of nitrogens with zero attached hydrogens (tertiary/aromatic N) is 2. The summed E-state index contributed by atoms with van der Waals surface area (Å²) in [5.74, 6) is 0. The maximum Gasteiger partial charge on any atom is 0.0562 e. The molecule has 10 aromatic carbocycles. The van der Waals surface area contributed by atoms with Crippen LogP contribution in [0.15, 0.2) is 206 Å². The quantitative estimate of drug-likeness (QED) is 0.161. The van der Waals surface area contributed by atoms with Crippen LogP contribution in [0.2, 0.25) is 0 Å². The van der Waals surface area contributed by atoms with E-state index in [-0.39, 0.29) is 0 Å². The number of para-hydroxylation sites is 2. The molecular weight excluding hydrogens is 677 g/mol. The zero-order valence-electron chi connectivity index (χ0n) is 30.5. The molecule has 0 bridgehead atoms. The second kappa shape index (κ2) is 12.0. The minimum absolute atomic E-state index is 1.14. The molecule has 12 aromatic rings. The Hall–Kier alpha value is -7.42. The van der Waals surface area contributed by atoms with Crippen LogP contribution in [0.3, 0.4) is 0 Å². The summed E-state index contributed by atoms with van der Waals surface area (Å²) >= 11 is 0. The summed E-state index contributed by atoms with van der Waals surface area (Å²) in [6.45, 7) is 0. The van der Waals surface area contributed by atoms with Gasteiger partial charge in [0.1, 0.15) is 0 Å². The van der Waals surface area contributed by atoms with Crippen molar-refractivity contribution in [1.82, 2.24) is 9.13 Å². The summed E-state index contributed by atoms with van der Waals surface area (Å²) in [5, 5.41) is 12.8. The molecule has 260 valence electrons. The van der Waals surface area contributed by atoms with E-state index in [0.29, 0.717) is 0 Å². The van der Waals surface area contributed by atoms with Crippen molar-refractivity contribution in [3.63, 3.8) is 0 Å². The van der Waals surface area contributed by atoms with Gasteiger partial charge < -0.3 is 9.13 Å². The molecule has 56 heavy (non-hydrogen) atoms. The second-order valence-electron chi connectivity index (χ2n) is 14.9. The number of benzene rings is 10. The first kappa shape index (κ1) is 31.0. The Morgan fingerprint density at radius 1 is 0.196 bits per heavy atom. The first-order valence-electron chi connectivity index (χ1n) is 19.3. The largest absolute Gasteiger partial charge is 0.309 e. The Morgan fingerprint density at radius 3 is 1.16 bits per heavy atom. The summed E-state index contributed by atoms with van der Waals surface area (Å²) < 4.78 is 4.90. The smallest absolute Gasteiger partial charge is 0.0562 e. The van der Waals surface area contributed by atoms with Crippen molar-refractivity contribution in [3.05, 3.63) is 206 Å². The highest BCUT2D eigenvalue weighted by Crippen LogP contribution is 2.41. The van der Waals surface area contributed by atoms with Crippen LogP contribution in [0.5, 0.6) is 0 Å². The van der Waals surface area contributed by atoms with Crippen LogP contribution < -0.4 is 0 Å². The van der Waals surface area contributed by atoms with E-state index in [2.05, 4.69) is 215 Å². The third-order valence-corrected chi connectivity index (χ3v) is 11.9. The minimum Gasteiger partial charge on any atom is -0.309 e. The van der Waals surface area contributed by atoms with Gasteiger partial charge in [-0.3, -0.25) is 0 Å². The highest BCUT2D eigenvalue weighted by molar-refractivity contribution is 6.26. The fourth-order valence-corrected chi connectivity index (χ4v) is 9.35. The van der Waals surface area contributed by atoms with E-state index >= 15 is 0 Å². The van der Waals surface area contributed by atoms with Crippen molar-refractivity contribution in [3.8, 4) is 33.6 Å². The number of rotatable bonds is 4. The van der Waals surface area contributed by atoms with Crippen molar-refractivity contribution in [2.45, 2.75) is 0 Å². The minimum atomic E-state index is 1.14. The third-order valence-electron chi connectivity index (χ3n) is 11.9. The van der Waals surface area contributed by atoms with Gasteiger partial charge in [-0.1, -0.05) is 152 Å². The van der Waals surface area contributed by atoms with Gasteiger partial charge in [-0.2, -0.15) is 0 Å². The Labute approximate surface area is 323 Å². The van der Waals surface area contributed by atoms with E-state index in [4.69, 9.17) is 0 Å². The Morgan fingerprint density at radius 2 is 0.607 bits per heavy atom. The Balaban J connectivity index is 1.09. The summed E-state index contributed by atoms with van der Waals surface area (Å²) in [6.07, 6.45) is 0. The molecule has 0 saturated carbocycles. The van der Waals surface area contributed by atoms with E-state index < -0.39 is 0 Å². The van der Waals surface area contributed by atoms with Crippen LogP contribution in [-0.4, -0.2) is 9.13 Å². The molecule has 2 heterocycles. The molecule has 2 aromatic heterocycles. The van der Waals surface area contributed by atoms with Crippen molar-refractivity contribution < 1.29 is 0 Å². The molecule has 12 rings (SSSR count). The summed E-state index contributed by atoms with van der Waals surface area (Å²) in [7, 11) is 0. The number of hydrogen-bond donors (Lipinski definition) is 0. The number of hydrogen-bond acceptors (Lipinski definition) is 0. The lowest BCUT2D eigenvalue weighted by molar-refractivity contribution is 1.16. The van der Waals surface area contributed by atoms with Gasteiger partial charge in [0, 0.05) is 32.9 Å². The Kier molecular flexibility index (Phi) is 6.66. The lowest BCUT2D eigenvalue weighted by Crippen LogP contribution is -1.96. The molecule has 0 fully saturated rings. The first-order chi connectivity index (χ1) is 27.8. The zero-order chi connectivity index (χ0) is 36.7. The Bertz CT molecular complexity index is 3490. The molecule has 0 aliphatic carbocycles. The maximum absolute atomic E-state index is 2.46. The third kappa shape index (κ3) is 4.57. The van der Waals surface area contributed by atoms with Crippen molar-refractivity contribution in [1.29, 1.82) is 0 Å². The van der Waals surface area contributed by atoms with Crippen LogP contribution in [0.25, 0.3) is 110 Å². The highest BCUT2D eigenvalue weighted by atomic mass is 15.0. The van der Waals surface area contributed by atoms with E-state index in [0.717, 1.165) is 11.4 Å². The van der Waals surface area contributed by atoms with E-state index in [1.807, 2.05) is 0 Å². The average Bonchev–Trinajstić information content (AvgIpc) is 3.78. The predicted octanol–water partition coefficient (Wildman–Crippen LogP) is 14.7. The van der Waals surface area contributed by atoms with Gasteiger partial charge in [-0.05, 0) is 109 Å². The van der Waals surface area contributed by atoms with E-state index in [1.54, 1.807) is 0 Å². The maximum atomic E-state index is 2.46. The standard InChI is InChI=1S/C54H34N2/c1-2-14-35(15-3-1)36-16-12-18-39(30-36)55-51-26-10-8-24-46(51)49-33-50-47-25-9-11-27-52(47)56(54(50)34-53(49)55)40-19-13-17-37(31-40)38-28-29-45-43-22-5-4-20-41(43)42-21-6-7-23-44(42)48(45)32-38/h1-34H. The highest BCUT2D eigenvalue weighted by Gasteiger charge is 2.19. The zero-order valence-corrected chi connectivity index (χ0v) is 30.5. The van der Waals surface area contributed by atoms with Crippen LogP contribution >= 0.6 is 0 Å². The van der Waals surface area contributed by atoms with Gasteiger partial charge in [0.05, 0.1) is 22.1 Å². The molecule has 2 heteroatoms. The normalized spacial score (nSPS) is 11.9. The fourth-order valence-electron chi connectivity index (χ4n) is 9.35. The molecule has 0 amide bonds. The molecule has 0 aliphatic rings. The van der Waals surface area contributed by atoms with E-state index in [9.17, 15) is 0 Å². The summed E-state index contributed by atoms with van der Waals surface area (Å²) in [4.78, 5) is 0.